The first-order chi connectivity index (χ1) is 10.1. The van der Waals surface area contributed by atoms with Crippen LogP contribution in [0.3, 0.4) is 0 Å². The van der Waals surface area contributed by atoms with Crippen LogP contribution in [0, 0.1) is 0 Å². The molecule has 2 unspecified atom stereocenters. The van der Waals surface area contributed by atoms with E-state index in [0.717, 1.165) is 16.3 Å². The van der Waals surface area contributed by atoms with Gasteiger partial charge in [-0.15, -0.1) is 11.8 Å². The normalized spacial score (nSPS) is 22.1. The second-order valence-electron chi connectivity index (χ2n) is 5.26. The van der Waals surface area contributed by atoms with Crippen LogP contribution >= 0.6 is 11.8 Å². The number of thioether (sulfide) groups is 1. The lowest BCUT2D eigenvalue weighted by Gasteiger charge is -2.35. The van der Waals surface area contributed by atoms with Crippen LogP contribution in [0.1, 0.15) is 26.3 Å². The lowest BCUT2D eigenvalue weighted by Crippen LogP contribution is -2.51. The van der Waals surface area contributed by atoms with E-state index in [-0.39, 0.29) is 18.2 Å². The van der Waals surface area contributed by atoms with E-state index in [1.54, 1.807) is 18.0 Å². The van der Waals surface area contributed by atoms with Crippen LogP contribution in [0.5, 0.6) is 0 Å². The third kappa shape index (κ3) is 4.89. The molecule has 116 valence electrons. The first-order valence-corrected chi connectivity index (χ1v) is 8.33. The molecule has 21 heavy (non-hydrogen) atoms. The fraction of sp³-hybridized carbons (Fsp3) is 0.600. The van der Waals surface area contributed by atoms with E-state index in [9.17, 15) is 4.79 Å². The maximum atomic E-state index is 12.2. The Balaban J connectivity index is 1.87. The molecular formula is C15H23N3O2S. The minimum Gasteiger partial charge on any atom is -0.372 e. The number of nitrogens with one attached hydrogen (secondary N) is 1. The van der Waals surface area contributed by atoms with Gasteiger partial charge in [0.1, 0.15) is 0 Å². The Hall–Kier alpha value is -1.27. The van der Waals surface area contributed by atoms with Gasteiger partial charge >= 0.3 is 6.03 Å². The van der Waals surface area contributed by atoms with Gasteiger partial charge < -0.3 is 15.0 Å². The third-order valence-electron chi connectivity index (χ3n) is 3.24. The SMILES string of the molecule is CCSc1cc(CNC(=O)N2CC(C)OC(C)C2)ccn1. The molecule has 2 rings (SSSR count). The predicted molar refractivity (Wildman–Crippen MR) is 84.5 cm³/mol. The van der Waals surface area contributed by atoms with E-state index in [1.165, 1.54) is 0 Å². The molecule has 0 aliphatic carbocycles. The number of aromatic nitrogens is 1. The molecule has 1 aromatic heterocycles. The summed E-state index contributed by atoms with van der Waals surface area (Å²) in [5.41, 5.74) is 1.07. The van der Waals surface area contributed by atoms with Crippen molar-refractivity contribution in [3.63, 3.8) is 0 Å². The number of rotatable bonds is 4. The highest BCUT2D eigenvalue weighted by Gasteiger charge is 2.25. The van der Waals surface area contributed by atoms with Crippen LogP contribution in [0.4, 0.5) is 4.79 Å². The molecule has 1 aliphatic rings. The van der Waals surface area contributed by atoms with Gasteiger partial charge in [-0.25, -0.2) is 9.78 Å². The number of carbonyl (C=O) groups excluding carboxylic acids is 1. The number of hydrogen-bond acceptors (Lipinski definition) is 4. The molecule has 2 heterocycles. The molecule has 1 N–H and O–H groups in total. The Morgan fingerprint density at radius 1 is 1.48 bits per heavy atom. The Labute approximate surface area is 130 Å². The van der Waals surface area contributed by atoms with E-state index >= 15 is 0 Å². The van der Waals surface area contributed by atoms with E-state index in [0.29, 0.717) is 19.6 Å². The number of morpholine rings is 1. The zero-order valence-electron chi connectivity index (χ0n) is 12.8. The van der Waals surface area contributed by atoms with Crippen LogP contribution < -0.4 is 5.32 Å². The van der Waals surface area contributed by atoms with Crippen molar-refractivity contribution in [3.05, 3.63) is 23.9 Å². The average Bonchev–Trinajstić information content (AvgIpc) is 2.44. The molecule has 5 nitrogen and oxygen atoms in total. The first kappa shape index (κ1) is 16.1. The molecule has 1 aliphatic heterocycles. The molecule has 1 fully saturated rings. The van der Waals surface area contributed by atoms with Crippen molar-refractivity contribution in [2.75, 3.05) is 18.8 Å². The Kier molecular flexibility index (Phi) is 5.87. The van der Waals surface area contributed by atoms with Gasteiger partial charge in [0.05, 0.1) is 17.2 Å². The largest absolute Gasteiger partial charge is 0.372 e. The van der Waals surface area contributed by atoms with E-state index in [2.05, 4.69) is 17.2 Å². The minimum absolute atomic E-state index is 0.0292. The fourth-order valence-corrected chi connectivity index (χ4v) is 3.09. The Morgan fingerprint density at radius 2 is 2.19 bits per heavy atom. The van der Waals surface area contributed by atoms with Gasteiger partial charge in [0.2, 0.25) is 0 Å². The number of urea groups is 1. The molecular weight excluding hydrogens is 286 g/mol. The summed E-state index contributed by atoms with van der Waals surface area (Å²) in [6, 6.07) is 3.93. The third-order valence-corrected chi connectivity index (χ3v) is 4.05. The van der Waals surface area contributed by atoms with E-state index in [1.807, 2.05) is 30.9 Å². The molecule has 1 aromatic rings. The fourth-order valence-electron chi connectivity index (χ4n) is 2.42. The Bertz CT molecular complexity index is 474. The monoisotopic (exact) mass is 309 g/mol. The smallest absolute Gasteiger partial charge is 0.317 e. The van der Waals surface area contributed by atoms with Gasteiger partial charge in [0, 0.05) is 25.8 Å². The van der Waals surface area contributed by atoms with Crippen LogP contribution in [-0.2, 0) is 11.3 Å². The molecule has 0 radical (unpaired) electrons. The summed E-state index contributed by atoms with van der Waals surface area (Å²) in [5, 5.41) is 3.97. The van der Waals surface area contributed by atoms with Gasteiger partial charge in [0.15, 0.2) is 0 Å². The van der Waals surface area contributed by atoms with Gasteiger partial charge in [0.25, 0.3) is 0 Å². The lowest BCUT2D eigenvalue weighted by molar-refractivity contribution is -0.0545. The summed E-state index contributed by atoms with van der Waals surface area (Å²) >= 11 is 1.70. The molecule has 0 bridgehead atoms. The van der Waals surface area contributed by atoms with Crippen LogP contribution in [0.25, 0.3) is 0 Å². The van der Waals surface area contributed by atoms with Gasteiger partial charge in [-0.2, -0.15) is 0 Å². The first-order valence-electron chi connectivity index (χ1n) is 7.34. The summed E-state index contributed by atoms with van der Waals surface area (Å²) in [4.78, 5) is 18.3. The van der Waals surface area contributed by atoms with Gasteiger partial charge in [-0.05, 0) is 37.3 Å². The van der Waals surface area contributed by atoms with E-state index < -0.39 is 0 Å². The number of amides is 2. The Morgan fingerprint density at radius 3 is 2.86 bits per heavy atom. The van der Waals surface area contributed by atoms with Gasteiger partial charge in [-0.3, -0.25) is 0 Å². The summed E-state index contributed by atoms with van der Waals surface area (Å²) in [6.07, 6.45) is 1.97. The summed E-state index contributed by atoms with van der Waals surface area (Å²) in [7, 11) is 0. The summed E-state index contributed by atoms with van der Waals surface area (Å²) in [5.74, 6) is 0.992. The van der Waals surface area contributed by atoms with Crippen molar-refractivity contribution in [2.45, 2.75) is 44.5 Å². The summed E-state index contributed by atoms with van der Waals surface area (Å²) < 4.78 is 5.64. The quantitative estimate of drug-likeness (QED) is 0.868. The topological polar surface area (TPSA) is 54.5 Å². The highest BCUT2D eigenvalue weighted by Crippen LogP contribution is 2.15. The molecule has 1 saturated heterocycles. The number of hydrogen-bond donors (Lipinski definition) is 1. The van der Waals surface area contributed by atoms with Crippen molar-refractivity contribution >= 4 is 17.8 Å². The number of ether oxygens (including phenoxy) is 1. The summed E-state index contributed by atoms with van der Waals surface area (Å²) in [6.45, 7) is 7.90. The van der Waals surface area contributed by atoms with Crippen molar-refractivity contribution in [1.29, 1.82) is 0 Å². The second kappa shape index (κ2) is 7.66. The zero-order valence-corrected chi connectivity index (χ0v) is 13.7. The molecule has 2 amide bonds. The minimum atomic E-state index is -0.0292. The van der Waals surface area contributed by atoms with Crippen molar-refractivity contribution in [2.24, 2.45) is 0 Å². The predicted octanol–water partition coefficient (Wildman–Crippen LogP) is 2.51. The zero-order chi connectivity index (χ0) is 15.2. The standard InChI is InChI=1S/C15H23N3O2S/c1-4-21-14-7-13(5-6-16-14)8-17-15(19)18-9-11(2)20-12(3)10-18/h5-7,11-12H,4,8-10H2,1-3H3,(H,17,19). The molecule has 0 saturated carbocycles. The number of pyridine rings is 1. The van der Waals surface area contributed by atoms with Crippen LogP contribution in [0.2, 0.25) is 0 Å². The molecule has 6 heteroatoms. The van der Waals surface area contributed by atoms with Crippen molar-refractivity contribution < 1.29 is 9.53 Å². The maximum absolute atomic E-state index is 12.2. The van der Waals surface area contributed by atoms with E-state index in [4.69, 9.17) is 4.74 Å². The molecule has 0 aromatic carbocycles. The van der Waals surface area contributed by atoms with Crippen LogP contribution in [0.15, 0.2) is 23.4 Å². The van der Waals surface area contributed by atoms with Crippen molar-refractivity contribution in [3.8, 4) is 0 Å². The van der Waals surface area contributed by atoms with Gasteiger partial charge in [-0.1, -0.05) is 6.92 Å². The molecule has 0 spiro atoms. The van der Waals surface area contributed by atoms with Crippen LogP contribution in [-0.4, -0.2) is 47.0 Å². The second-order valence-corrected chi connectivity index (χ2v) is 6.54. The lowest BCUT2D eigenvalue weighted by atomic mass is 10.2. The highest BCUT2D eigenvalue weighted by molar-refractivity contribution is 7.99. The molecule has 2 atom stereocenters. The van der Waals surface area contributed by atoms with Crippen molar-refractivity contribution in [1.82, 2.24) is 15.2 Å². The highest BCUT2D eigenvalue weighted by atomic mass is 32.2. The number of carbonyl (C=O) groups is 1. The average molecular weight is 309 g/mol. The number of nitrogens with zero attached hydrogens (tertiary/aromatic N) is 2. The maximum Gasteiger partial charge on any atom is 0.317 e.